The van der Waals surface area contributed by atoms with Crippen molar-refractivity contribution < 1.29 is 10.2 Å². The zero-order chi connectivity index (χ0) is 8.27. The van der Waals surface area contributed by atoms with Gasteiger partial charge in [-0.1, -0.05) is 0 Å². The first-order valence-electron chi connectivity index (χ1n) is 3.68. The summed E-state index contributed by atoms with van der Waals surface area (Å²) < 4.78 is 0. The number of hydrogen-bond donors (Lipinski definition) is 2. The molecule has 0 unspecified atom stereocenters. The lowest BCUT2D eigenvalue weighted by Crippen LogP contribution is -2.25. The van der Waals surface area contributed by atoms with Crippen LogP contribution in [0.3, 0.4) is 0 Å². The van der Waals surface area contributed by atoms with Gasteiger partial charge in [0.05, 0.1) is 18.3 Å². The van der Waals surface area contributed by atoms with E-state index in [-0.39, 0.29) is 0 Å². The standard InChI is InChI=1S/C8H11NO2/c9-4-3-6-1-2-7(10)5-8(6)11/h3,7-8,10-11H,1-2,5H2/t7-,8-/m0/s1. The van der Waals surface area contributed by atoms with Gasteiger partial charge in [0.1, 0.15) is 0 Å². The highest BCUT2D eigenvalue weighted by Gasteiger charge is 2.21. The lowest BCUT2D eigenvalue weighted by Gasteiger charge is -2.23. The van der Waals surface area contributed by atoms with Gasteiger partial charge in [0.15, 0.2) is 0 Å². The average molecular weight is 153 g/mol. The molecule has 11 heavy (non-hydrogen) atoms. The minimum atomic E-state index is -0.613. The van der Waals surface area contributed by atoms with Crippen LogP contribution in [0.2, 0.25) is 0 Å². The first kappa shape index (κ1) is 8.25. The van der Waals surface area contributed by atoms with Gasteiger partial charge in [0.2, 0.25) is 0 Å². The smallest absolute Gasteiger partial charge is 0.0912 e. The van der Waals surface area contributed by atoms with E-state index in [0.717, 1.165) is 5.57 Å². The first-order chi connectivity index (χ1) is 5.24. The first-order valence-corrected chi connectivity index (χ1v) is 3.68. The van der Waals surface area contributed by atoms with Crippen molar-refractivity contribution in [1.29, 1.82) is 5.26 Å². The summed E-state index contributed by atoms with van der Waals surface area (Å²) in [5.74, 6) is 0. The van der Waals surface area contributed by atoms with E-state index in [1.165, 1.54) is 6.08 Å². The van der Waals surface area contributed by atoms with Crippen LogP contribution in [-0.4, -0.2) is 22.4 Å². The number of aliphatic hydroxyl groups excluding tert-OH is 2. The summed E-state index contributed by atoms with van der Waals surface area (Å²) >= 11 is 0. The molecule has 1 aliphatic rings. The molecule has 0 aromatic heterocycles. The number of hydrogen-bond acceptors (Lipinski definition) is 3. The van der Waals surface area contributed by atoms with Crippen LogP contribution < -0.4 is 0 Å². The Bertz CT molecular complexity index is 205. The molecule has 3 nitrogen and oxygen atoms in total. The molecule has 0 saturated heterocycles. The van der Waals surface area contributed by atoms with E-state index in [4.69, 9.17) is 10.4 Å². The lowest BCUT2D eigenvalue weighted by atomic mass is 9.90. The number of rotatable bonds is 0. The Morgan fingerprint density at radius 1 is 1.55 bits per heavy atom. The van der Waals surface area contributed by atoms with Crippen LogP contribution in [-0.2, 0) is 0 Å². The third kappa shape index (κ3) is 2.04. The van der Waals surface area contributed by atoms with Crippen molar-refractivity contribution in [2.75, 3.05) is 0 Å². The summed E-state index contributed by atoms with van der Waals surface area (Å²) in [6, 6.07) is 1.88. The molecule has 2 atom stereocenters. The summed E-state index contributed by atoms with van der Waals surface area (Å²) in [4.78, 5) is 0. The van der Waals surface area contributed by atoms with Gasteiger partial charge in [0.25, 0.3) is 0 Å². The van der Waals surface area contributed by atoms with Crippen LogP contribution in [0.5, 0.6) is 0 Å². The molecule has 3 heteroatoms. The maximum absolute atomic E-state index is 9.29. The summed E-state index contributed by atoms with van der Waals surface area (Å²) in [5, 5.41) is 26.7. The van der Waals surface area contributed by atoms with E-state index in [2.05, 4.69) is 0 Å². The van der Waals surface area contributed by atoms with Crippen molar-refractivity contribution >= 4 is 0 Å². The molecule has 0 aromatic carbocycles. The van der Waals surface area contributed by atoms with E-state index in [9.17, 15) is 5.11 Å². The highest BCUT2D eigenvalue weighted by atomic mass is 16.3. The number of allylic oxidation sites excluding steroid dienone is 1. The van der Waals surface area contributed by atoms with Gasteiger partial charge in [-0.2, -0.15) is 5.26 Å². The highest BCUT2D eigenvalue weighted by molar-refractivity contribution is 5.19. The molecular weight excluding hydrogens is 142 g/mol. The maximum atomic E-state index is 9.29. The van der Waals surface area contributed by atoms with Gasteiger partial charge >= 0.3 is 0 Å². The van der Waals surface area contributed by atoms with Crippen molar-refractivity contribution in [2.45, 2.75) is 31.5 Å². The molecule has 0 aromatic rings. The fourth-order valence-corrected chi connectivity index (χ4v) is 1.28. The molecule has 2 N–H and O–H groups in total. The second kappa shape index (κ2) is 3.51. The SMILES string of the molecule is N#CC=C1CC[C@H](O)C[C@@H]1O. The largest absolute Gasteiger partial charge is 0.393 e. The molecule has 1 saturated carbocycles. The predicted molar refractivity (Wildman–Crippen MR) is 39.6 cm³/mol. The van der Waals surface area contributed by atoms with Crippen LogP contribution in [0.1, 0.15) is 19.3 Å². The van der Waals surface area contributed by atoms with E-state index in [1.54, 1.807) is 0 Å². The molecule has 0 spiro atoms. The summed E-state index contributed by atoms with van der Waals surface area (Å²) in [6.45, 7) is 0. The van der Waals surface area contributed by atoms with Gasteiger partial charge in [-0.05, 0) is 18.4 Å². The zero-order valence-corrected chi connectivity index (χ0v) is 6.20. The van der Waals surface area contributed by atoms with Gasteiger partial charge in [-0.25, -0.2) is 0 Å². The Hall–Kier alpha value is -0.850. The van der Waals surface area contributed by atoms with Crippen molar-refractivity contribution in [1.82, 2.24) is 0 Å². The topological polar surface area (TPSA) is 64.2 Å². The minimum absolute atomic E-state index is 0.369. The minimum Gasteiger partial charge on any atom is -0.393 e. The molecule has 1 fully saturated rings. The quantitative estimate of drug-likeness (QED) is 0.493. The zero-order valence-electron chi connectivity index (χ0n) is 6.20. The number of nitriles is 1. The third-order valence-electron chi connectivity index (χ3n) is 1.94. The van der Waals surface area contributed by atoms with Gasteiger partial charge in [-0.3, -0.25) is 0 Å². The number of nitrogens with zero attached hydrogens (tertiary/aromatic N) is 1. The Morgan fingerprint density at radius 3 is 2.82 bits per heavy atom. The van der Waals surface area contributed by atoms with Crippen molar-refractivity contribution in [3.63, 3.8) is 0 Å². The predicted octanol–water partition coefficient (Wildman–Crippen LogP) is 0.342. The second-order valence-electron chi connectivity index (χ2n) is 2.79. The van der Waals surface area contributed by atoms with Crippen LogP contribution in [0.15, 0.2) is 11.6 Å². The van der Waals surface area contributed by atoms with Gasteiger partial charge in [-0.15, -0.1) is 0 Å². The Kier molecular flexibility index (Phi) is 2.64. The molecule has 0 aliphatic heterocycles. The molecule has 0 amide bonds. The van der Waals surface area contributed by atoms with Crippen LogP contribution in [0.4, 0.5) is 0 Å². The maximum Gasteiger partial charge on any atom is 0.0912 e. The van der Waals surface area contributed by atoms with Gasteiger partial charge in [0, 0.05) is 12.5 Å². The number of aliphatic hydroxyl groups is 2. The average Bonchev–Trinajstić information content (AvgIpc) is 1.95. The molecule has 1 rings (SSSR count). The van der Waals surface area contributed by atoms with Crippen LogP contribution >= 0.6 is 0 Å². The molecule has 0 heterocycles. The molecule has 0 bridgehead atoms. The fraction of sp³-hybridized carbons (Fsp3) is 0.625. The molecular formula is C8H11NO2. The molecule has 60 valence electrons. The monoisotopic (exact) mass is 153 g/mol. The summed E-state index contributed by atoms with van der Waals surface area (Å²) in [7, 11) is 0. The third-order valence-corrected chi connectivity index (χ3v) is 1.94. The Morgan fingerprint density at radius 2 is 2.27 bits per heavy atom. The van der Waals surface area contributed by atoms with Gasteiger partial charge < -0.3 is 10.2 Å². The molecule has 0 radical (unpaired) electrons. The van der Waals surface area contributed by atoms with E-state index >= 15 is 0 Å². The summed E-state index contributed by atoms with van der Waals surface area (Å²) in [6.07, 6.45) is 2.02. The van der Waals surface area contributed by atoms with Crippen LogP contribution in [0.25, 0.3) is 0 Å². The van der Waals surface area contributed by atoms with Crippen molar-refractivity contribution in [3.05, 3.63) is 11.6 Å². The Labute approximate surface area is 65.6 Å². The highest BCUT2D eigenvalue weighted by Crippen LogP contribution is 2.23. The fourth-order valence-electron chi connectivity index (χ4n) is 1.28. The van der Waals surface area contributed by atoms with E-state index in [1.807, 2.05) is 6.07 Å². The van der Waals surface area contributed by atoms with E-state index in [0.29, 0.717) is 19.3 Å². The normalized spacial score (nSPS) is 35.2. The van der Waals surface area contributed by atoms with Crippen molar-refractivity contribution in [3.8, 4) is 6.07 Å². The van der Waals surface area contributed by atoms with E-state index < -0.39 is 12.2 Å². The lowest BCUT2D eigenvalue weighted by molar-refractivity contribution is 0.0712. The Balaban J connectivity index is 2.59. The molecule has 1 aliphatic carbocycles. The summed E-state index contributed by atoms with van der Waals surface area (Å²) in [5.41, 5.74) is 0.748. The van der Waals surface area contributed by atoms with Crippen molar-refractivity contribution in [2.24, 2.45) is 0 Å². The van der Waals surface area contributed by atoms with Crippen LogP contribution in [0, 0.1) is 11.3 Å². The second-order valence-corrected chi connectivity index (χ2v) is 2.79.